The van der Waals surface area contributed by atoms with Crippen LogP contribution in [0.15, 0.2) is 231 Å². The molecule has 0 unspecified atom stereocenters. The third-order valence-corrected chi connectivity index (χ3v) is 17.7. The molecule has 0 saturated carbocycles. The average molecular weight is 1090 g/mol. The van der Waals surface area contributed by atoms with Crippen molar-refractivity contribution < 1.29 is 0 Å². The zero-order chi connectivity index (χ0) is 57.1. The predicted molar refractivity (Wildman–Crippen MR) is 359 cm³/mol. The Morgan fingerprint density at radius 3 is 1.36 bits per heavy atom. The minimum Gasteiger partial charge on any atom is -0.310 e. The maximum Gasteiger partial charge on any atom is 0.0543 e. The topological polar surface area (TPSA) is 8.17 Å². The largest absolute Gasteiger partial charge is 0.310 e. The van der Waals surface area contributed by atoms with Crippen LogP contribution in [-0.2, 0) is 5.41 Å². The Bertz CT molecular complexity index is 3830. The van der Waals surface area contributed by atoms with Crippen molar-refractivity contribution in [3.8, 4) is 50.2 Å². The average Bonchev–Trinajstić information content (AvgIpc) is 2.56. The Hall–Kier alpha value is -8.20. The fourth-order valence-electron chi connectivity index (χ4n) is 13.3. The van der Waals surface area contributed by atoms with E-state index in [2.05, 4.69) is 282 Å². The van der Waals surface area contributed by atoms with Crippen molar-refractivity contribution in [3.05, 3.63) is 264 Å². The summed E-state index contributed by atoms with van der Waals surface area (Å²) in [5, 5.41) is 2.52. The van der Waals surface area contributed by atoms with Crippen LogP contribution >= 0.6 is 0 Å². The van der Waals surface area contributed by atoms with Gasteiger partial charge in [0.1, 0.15) is 0 Å². The summed E-state index contributed by atoms with van der Waals surface area (Å²) in [5.74, 6) is 0. The number of anilines is 3. The quantitative estimate of drug-likeness (QED) is 0.0651. The molecule has 1 aliphatic rings. The molecule has 10 aromatic carbocycles. The van der Waals surface area contributed by atoms with Crippen molar-refractivity contribution >= 4 is 38.9 Å². The number of hydrogen-bond acceptors (Lipinski definition) is 1. The number of rotatable bonds is 21. The van der Waals surface area contributed by atoms with Crippen molar-refractivity contribution in [2.75, 3.05) is 4.90 Å². The summed E-state index contributed by atoms with van der Waals surface area (Å²) in [6, 6.07) is 84.9. The molecular formula is C81H84N2. The summed E-state index contributed by atoms with van der Waals surface area (Å²) in [7, 11) is 0. The molecule has 2 nitrogen and oxygen atoms in total. The highest BCUT2D eigenvalue weighted by Crippen LogP contribution is 2.55. The van der Waals surface area contributed by atoms with Crippen LogP contribution in [0.2, 0.25) is 0 Å². The molecule has 0 N–H and O–H groups in total. The van der Waals surface area contributed by atoms with E-state index < -0.39 is 0 Å². The molecule has 418 valence electrons. The molecule has 0 radical (unpaired) electrons. The molecule has 1 aromatic heterocycles. The van der Waals surface area contributed by atoms with Gasteiger partial charge in [-0.2, -0.15) is 0 Å². The monoisotopic (exact) mass is 1080 g/mol. The summed E-state index contributed by atoms with van der Waals surface area (Å²) in [6.45, 7) is 13.5. The standard InChI is InChI=1S/C50H38N2.C31H46/c1-35-17-25-44(26-18-35)52-49-32-24-41(34-47(49)46-31-19-36(2)33-50(46)52)39-22-29-43(30-23-39)51(42-27-20-38(21-28-42)37-11-5-3-6-12-37)48-16-10-9-15-45(48)40-13-7-4-8-14-40;1-5-7-9-11-13-15-21-31(22-16-14-12-10-8-6-2)29-23-25(3)17-19-27(29)28-20-18-26(4)24-30(28)31/h3-34H,1-2H3;17-20,23-24H,5-16,21-22H2,1-4H3. The van der Waals surface area contributed by atoms with Gasteiger partial charge in [-0.05, 0) is 157 Å². The van der Waals surface area contributed by atoms with Crippen LogP contribution in [0, 0.1) is 27.7 Å². The van der Waals surface area contributed by atoms with Gasteiger partial charge in [0.05, 0.1) is 16.7 Å². The molecule has 0 amide bonds. The van der Waals surface area contributed by atoms with Gasteiger partial charge in [0.2, 0.25) is 0 Å². The molecule has 0 bridgehead atoms. The first-order chi connectivity index (χ1) is 40.7. The zero-order valence-corrected chi connectivity index (χ0v) is 50.2. The molecule has 0 fully saturated rings. The lowest BCUT2D eigenvalue weighted by Gasteiger charge is -2.33. The molecule has 0 spiro atoms. The van der Waals surface area contributed by atoms with Crippen molar-refractivity contribution in [1.82, 2.24) is 4.57 Å². The van der Waals surface area contributed by atoms with Gasteiger partial charge in [0.25, 0.3) is 0 Å². The first kappa shape index (κ1) is 56.7. The molecule has 0 saturated heterocycles. The molecule has 0 aliphatic heterocycles. The van der Waals surface area contributed by atoms with Crippen LogP contribution in [0.5, 0.6) is 0 Å². The van der Waals surface area contributed by atoms with E-state index in [4.69, 9.17) is 0 Å². The van der Waals surface area contributed by atoms with Crippen molar-refractivity contribution in [1.29, 1.82) is 0 Å². The van der Waals surface area contributed by atoms with E-state index in [0.29, 0.717) is 0 Å². The van der Waals surface area contributed by atoms with Gasteiger partial charge in [-0.1, -0.05) is 277 Å². The van der Waals surface area contributed by atoms with Gasteiger partial charge in [0, 0.05) is 38.8 Å². The molecule has 12 rings (SSSR count). The summed E-state index contributed by atoms with van der Waals surface area (Å²) >= 11 is 0. The number of nitrogens with zero attached hydrogens (tertiary/aromatic N) is 2. The lowest BCUT2D eigenvalue weighted by atomic mass is 9.70. The first-order valence-electron chi connectivity index (χ1n) is 31.3. The zero-order valence-electron chi connectivity index (χ0n) is 50.2. The maximum atomic E-state index is 2.53. The Kier molecular flexibility index (Phi) is 18.0. The van der Waals surface area contributed by atoms with E-state index in [1.807, 2.05) is 0 Å². The molecule has 1 heterocycles. The van der Waals surface area contributed by atoms with Gasteiger partial charge in [-0.15, -0.1) is 0 Å². The van der Waals surface area contributed by atoms with Crippen LogP contribution in [0.3, 0.4) is 0 Å². The van der Waals surface area contributed by atoms with Gasteiger partial charge < -0.3 is 9.47 Å². The minimum absolute atomic E-state index is 0.234. The first-order valence-corrected chi connectivity index (χ1v) is 31.3. The predicted octanol–water partition coefficient (Wildman–Crippen LogP) is 23.9. The second-order valence-electron chi connectivity index (χ2n) is 23.8. The smallest absolute Gasteiger partial charge is 0.0543 e. The Balaban J connectivity index is 0.000000199. The van der Waals surface area contributed by atoms with Gasteiger partial charge in [0.15, 0.2) is 0 Å². The molecule has 1 aliphatic carbocycles. The summed E-state index contributed by atoms with van der Waals surface area (Å²) in [5.41, 5.74) is 26.0. The second kappa shape index (κ2) is 26.4. The van der Waals surface area contributed by atoms with E-state index in [9.17, 15) is 0 Å². The van der Waals surface area contributed by atoms with E-state index in [-0.39, 0.29) is 5.41 Å². The van der Waals surface area contributed by atoms with Gasteiger partial charge in [-0.3, -0.25) is 0 Å². The third kappa shape index (κ3) is 12.5. The maximum absolute atomic E-state index is 2.53. The fourth-order valence-corrected chi connectivity index (χ4v) is 13.3. The number of fused-ring (bicyclic) bond motifs is 6. The van der Waals surface area contributed by atoms with Crippen LogP contribution < -0.4 is 4.90 Å². The number of para-hydroxylation sites is 1. The Labute approximate surface area is 496 Å². The van der Waals surface area contributed by atoms with Crippen LogP contribution in [0.4, 0.5) is 17.1 Å². The van der Waals surface area contributed by atoms with E-state index >= 15 is 0 Å². The Morgan fingerprint density at radius 2 is 0.783 bits per heavy atom. The number of aryl methyl sites for hydroxylation is 4. The highest BCUT2D eigenvalue weighted by Gasteiger charge is 2.42. The summed E-state index contributed by atoms with van der Waals surface area (Å²) < 4.78 is 2.40. The SMILES string of the molecule is CCCCCCCCC1(CCCCCCCC)c2cc(C)ccc2-c2ccc(C)cc21.Cc1ccc(-n2c3ccc(-c4ccc(N(c5ccc(-c6ccccc6)cc5)c5ccccc5-c5ccccc5)cc4)cc3c3ccc(C)cc32)cc1. The lowest BCUT2D eigenvalue weighted by molar-refractivity contribution is 0.397. The molecule has 0 atom stereocenters. The molecule has 83 heavy (non-hydrogen) atoms. The van der Waals surface area contributed by atoms with E-state index in [0.717, 1.165) is 17.1 Å². The van der Waals surface area contributed by atoms with Crippen molar-refractivity contribution in [3.63, 3.8) is 0 Å². The lowest BCUT2D eigenvalue weighted by Crippen LogP contribution is -2.25. The molecular weight excluding hydrogens is 1000 g/mol. The second-order valence-corrected chi connectivity index (χ2v) is 23.8. The number of aromatic nitrogens is 1. The molecule has 2 heteroatoms. The fraction of sp³-hybridized carbons (Fsp3) is 0.259. The van der Waals surface area contributed by atoms with Gasteiger partial charge in [-0.25, -0.2) is 0 Å². The van der Waals surface area contributed by atoms with Gasteiger partial charge >= 0.3 is 0 Å². The van der Waals surface area contributed by atoms with Crippen LogP contribution in [-0.4, -0.2) is 4.57 Å². The van der Waals surface area contributed by atoms with Crippen LogP contribution in [0.25, 0.3) is 72.0 Å². The minimum atomic E-state index is 0.234. The third-order valence-electron chi connectivity index (χ3n) is 17.7. The van der Waals surface area contributed by atoms with E-state index in [1.54, 1.807) is 11.1 Å². The highest BCUT2D eigenvalue weighted by atomic mass is 15.1. The number of hydrogen-bond donors (Lipinski definition) is 0. The van der Waals surface area contributed by atoms with E-state index in [1.165, 1.54) is 184 Å². The Morgan fingerprint density at radius 1 is 0.325 bits per heavy atom. The normalized spacial score (nSPS) is 12.3. The summed E-state index contributed by atoms with van der Waals surface area (Å²) in [6.07, 6.45) is 19.2. The van der Waals surface area contributed by atoms with Crippen LogP contribution in [0.1, 0.15) is 137 Å². The number of unbranched alkanes of at least 4 members (excludes halogenated alkanes) is 10. The van der Waals surface area contributed by atoms with Crippen molar-refractivity contribution in [2.24, 2.45) is 0 Å². The molecule has 11 aromatic rings. The highest BCUT2D eigenvalue weighted by molar-refractivity contribution is 6.10. The summed E-state index contributed by atoms with van der Waals surface area (Å²) in [4.78, 5) is 2.38. The van der Waals surface area contributed by atoms with Crippen molar-refractivity contribution in [2.45, 2.75) is 137 Å². The number of benzene rings is 10.